The smallest absolute Gasteiger partial charge is 0.313 e. The molecule has 0 saturated heterocycles. The standard InChI is InChI=1S/C16H16ClFN2O4/c1-16(23,8-11-3-2-6-24-11)9-19-14(21)15(22)20-10-4-5-13(18)12(17)7-10/h2-7,23H,8-9H2,1H3,(H,19,21)(H,20,22). The first kappa shape index (κ1) is 18.0. The van der Waals surface area contributed by atoms with Crippen molar-refractivity contribution in [3.63, 3.8) is 0 Å². The third-order valence-electron chi connectivity index (χ3n) is 3.15. The average Bonchev–Trinajstić information content (AvgIpc) is 3.00. The quantitative estimate of drug-likeness (QED) is 0.717. The lowest BCUT2D eigenvalue weighted by Gasteiger charge is -2.22. The van der Waals surface area contributed by atoms with Crippen molar-refractivity contribution in [3.05, 3.63) is 53.2 Å². The number of carbonyl (C=O) groups excluding carboxylic acids is 2. The van der Waals surface area contributed by atoms with E-state index in [1.54, 1.807) is 12.1 Å². The molecule has 3 N–H and O–H groups in total. The zero-order chi connectivity index (χ0) is 17.7. The largest absolute Gasteiger partial charge is 0.469 e. The molecule has 0 spiro atoms. The summed E-state index contributed by atoms with van der Waals surface area (Å²) in [6, 6.07) is 6.92. The molecule has 1 heterocycles. The summed E-state index contributed by atoms with van der Waals surface area (Å²) in [5.74, 6) is -1.96. The fraction of sp³-hybridized carbons (Fsp3) is 0.250. The highest BCUT2D eigenvalue weighted by Crippen LogP contribution is 2.19. The number of benzene rings is 1. The van der Waals surface area contributed by atoms with E-state index in [9.17, 15) is 19.1 Å². The number of amides is 2. The predicted molar refractivity (Wildman–Crippen MR) is 86.1 cm³/mol. The first-order valence-electron chi connectivity index (χ1n) is 7.06. The third kappa shape index (κ3) is 5.07. The molecule has 0 fully saturated rings. The Hall–Kier alpha value is -2.38. The second-order valence-electron chi connectivity index (χ2n) is 5.52. The van der Waals surface area contributed by atoms with Gasteiger partial charge < -0.3 is 20.2 Å². The SMILES string of the molecule is CC(O)(CNC(=O)C(=O)Nc1ccc(F)c(Cl)c1)Cc1ccco1. The monoisotopic (exact) mass is 354 g/mol. The minimum atomic E-state index is -1.28. The van der Waals surface area contributed by atoms with Crippen LogP contribution in [0.5, 0.6) is 0 Å². The molecule has 1 aromatic carbocycles. The van der Waals surface area contributed by atoms with E-state index in [0.717, 1.165) is 6.07 Å². The van der Waals surface area contributed by atoms with Crippen LogP contribution < -0.4 is 10.6 Å². The van der Waals surface area contributed by atoms with Crippen molar-refractivity contribution in [2.75, 3.05) is 11.9 Å². The first-order chi connectivity index (χ1) is 11.3. The van der Waals surface area contributed by atoms with Gasteiger partial charge in [0, 0.05) is 18.7 Å². The Morgan fingerprint density at radius 3 is 2.71 bits per heavy atom. The van der Waals surface area contributed by atoms with Gasteiger partial charge in [-0.25, -0.2) is 4.39 Å². The summed E-state index contributed by atoms with van der Waals surface area (Å²) < 4.78 is 18.2. The highest BCUT2D eigenvalue weighted by molar-refractivity contribution is 6.39. The molecule has 1 aromatic heterocycles. The number of anilines is 1. The fourth-order valence-electron chi connectivity index (χ4n) is 1.96. The summed E-state index contributed by atoms with van der Waals surface area (Å²) in [5.41, 5.74) is -1.10. The number of halogens is 2. The normalized spacial score (nSPS) is 13.2. The molecule has 0 saturated carbocycles. The van der Waals surface area contributed by atoms with E-state index in [1.807, 2.05) is 0 Å². The summed E-state index contributed by atoms with van der Waals surface area (Å²) in [6.45, 7) is 1.36. The predicted octanol–water partition coefficient (Wildman–Crippen LogP) is 2.12. The van der Waals surface area contributed by atoms with Crippen molar-refractivity contribution in [1.82, 2.24) is 5.32 Å². The van der Waals surface area contributed by atoms with Gasteiger partial charge >= 0.3 is 11.8 Å². The molecule has 1 unspecified atom stereocenters. The summed E-state index contributed by atoms with van der Waals surface area (Å²) >= 11 is 5.60. The number of nitrogens with one attached hydrogen (secondary N) is 2. The van der Waals surface area contributed by atoms with Crippen LogP contribution in [0.2, 0.25) is 5.02 Å². The lowest BCUT2D eigenvalue weighted by molar-refractivity contribution is -0.136. The molecule has 2 rings (SSSR count). The van der Waals surface area contributed by atoms with Crippen LogP contribution in [0.3, 0.4) is 0 Å². The number of aliphatic hydroxyl groups is 1. The van der Waals surface area contributed by atoms with E-state index in [2.05, 4.69) is 10.6 Å². The van der Waals surface area contributed by atoms with Gasteiger partial charge in [0.2, 0.25) is 0 Å². The van der Waals surface area contributed by atoms with Crippen molar-refractivity contribution in [1.29, 1.82) is 0 Å². The Kier molecular flexibility index (Phi) is 5.58. The van der Waals surface area contributed by atoms with Crippen LogP contribution in [-0.4, -0.2) is 29.1 Å². The van der Waals surface area contributed by atoms with Gasteiger partial charge in [-0.15, -0.1) is 0 Å². The van der Waals surface area contributed by atoms with E-state index in [4.69, 9.17) is 16.0 Å². The molecule has 1 atom stereocenters. The molecule has 0 aliphatic rings. The number of hydrogen-bond acceptors (Lipinski definition) is 4. The fourth-order valence-corrected chi connectivity index (χ4v) is 2.14. The van der Waals surface area contributed by atoms with Crippen molar-refractivity contribution in [2.45, 2.75) is 18.9 Å². The van der Waals surface area contributed by atoms with Gasteiger partial charge in [0.1, 0.15) is 11.6 Å². The Morgan fingerprint density at radius 1 is 1.33 bits per heavy atom. The Balaban J connectivity index is 1.87. The molecule has 0 bridgehead atoms. The van der Waals surface area contributed by atoms with Crippen molar-refractivity contribution in [2.24, 2.45) is 0 Å². The molecule has 8 heteroatoms. The van der Waals surface area contributed by atoms with Gasteiger partial charge in [0.25, 0.3) is 0 Å². The van der Waals surface area contributed by atoms with Gasteiger partial charge in [0.05, 0.1) is 16.9 Å². The summed E-state index contributed by atoms with van der Waals surface area (Å²) in [5, 5.41) is 14.7. The highest BCUT2D eigenvalue weighted by Gasteiger charge is 2.25. The van der Waals surface area contributed by atoms with E-state index < -0.39 is 23.2 Å². The molecule has 24 heavy (non-hydrogen) atoms. The number of rotatable bonds is 5. The van der Waals surface area contributed by atoms with Crippen LogP contribution in [0, 0.1) is 5.82 Å². The van der Waals surface area contributed by atoms with Gasteiger partial charge in [-0.3, -0.25) is 9.59 Å². The Labute approximate surface area is 142 Å². The van der Waals surface area contributed by atoms with Crippen LogP contribution in [0.1, 0.15) is 12.7 Å². The van der Waals surface area contributed by atoms with Crippen LogP contribution >= 0.6 is 11.6 Å². The van der Waals surface area contributed by atoms with Crippen LogP contribution in [-0.2, 0) is 16.0 Å². The topological polar surface area (TPSA) is 91.6 Å². The Morgan fingerprint density at radius 2 is 2.08 bits per heavy atom. The van der Waals surface area contributed by atoms with Gasteiger partial charge in [-0.1, -0.05) is 11.6 Å². The number of furan rings is 1. The number of carbonyl (C=O) groups is 2. The van der Waals surface area contributed by atoms with Crippen LogP contribution in [0.25, 0.3) is 0 Å². The maximum atomic E-state index is 13.0. The van der Waals surface area contributed by atoms with Crippen LogP contribution in [0.4, 0.5) is 10.1 Å². The summed E-state index contributed by atoms with van der Waals surface area (Å²) in [6.07, 6.45) is 1.65. The molecule has 0 radical (unpaired) electrons. The molecule has 6 nitrogen and oxygen atoms in total. The Bertz CT molecular complexity index is 732. The zero-order valence-corrected chi connectivity index (χ0v) is 13.6. The maximum Gasteiger partial charge on any atom is 0.313 e. The molecule has 0 aliphatic carbocycles. The van der Waals surface area contributed by atoms with E-state index in [-0.39, 0.29) is 23.7 Å². The van der Waals surface area contributed by atoms with Crippen molar-refractivity contribution < 1.29 is 23.5 Å². The zero-order valence-electron chi connectivity index (χ0n) is 12.8. The second kappa shape index (κ2) is 7.46. The third-order valence-corrected chi connectivity index (χ3v) is 3.44. The van der Waals surface area contributed by atoms with Gasteiger partial charge in [0.15, 0.2) is 0 Å². The van der Waals surface area contributed by atoms with Crippen molar-refractivity contribution in [3.8, 4) is 0 Å². The minimum absolute atomic E-state index is 0.149. The average molecular weight is 355 g/mol. The van der Waals surface area contributed by atoms with Gasteiger partial charge in [-0.05, 0) is 37.3 Å². The minimum Gasteiger partial charge on any atom is -0.469 e. The maximum absolute atomic E-state index is 13.0. The first-order valence-corrected chi connectivity index (χ1v) is 7.44. The van der Waals surface area contributed by atoms with Gasteiger partial charge in [-0.2, -0.15) is 0 Å². The summed E-state index contributed by atoms with van der Waals surface area (Å²) in [4.78, 5) is 23.6. The number of hydrogen-bond donors (Lipinski definition) is 3. The van der Waals surface area contributed by atoms with E-state index in [1.165, 1.54) is 25.3 Å². The highest BCUT2D eigenvalue weighted by atomic mass is 35.5. The lowest BCUT2D eigenvalue weighted by Crippen LogP contribution is -2.45. The molecule has 128 valence electrons. The molecule has 0 aliphatic heterocycles. The lowest BCUT2D eigenvalue weighted by atomic mass is 10.0. The van der Waals surface area contributed by atoms with Crippen LogP contribution in [0.15, 0.2) is 41.0 Å². The molecule has 2 aromatic rings. The van der Waals surface area contributed by atoms with E-state index in [0.29, 0.717) is 5.76 Å². The van der Waals surface area contributed by atoms with Crippen molar-refractivity contribution >= 4 is 29.1 Å². The second-order valence-corrected chi connectivity index (χ2v) is 5.93. The molecule has 2 amide bonds. The molecular weight excluding hydrogens is 339 g/mol. The summed E-state index contributed by atoms with van der Waals surface area (Å²) in [7, 11) is 0. The molecular formula is C16H16ClFN2O4. The van der Waals surface area contributed by atoms with E-state index >= 15 is 0 Å².